The van der Waals surface area contributed by atoms with Crippen LogP contribution in [0.5, 0.6) is 5.75 Å². The molecule has 3 aliphatic rings. The molecule has 0 radical (unpaired) electrons. The van der Waals surface area contributed by atoms with Crippen molar-refractivity contribution in [1.82, 2.24) is 5.32 Å². The summed E-state index contributed by atoms with van der Waals surface area (Å²) in [6.45, 7) is 6.25. The first-order chi connectivity index (χ1) is 16.7. The van der Waals surface area contributed by atoms with Gasteiger partial charge in [-0.2, -0.15) is 0 Å². The third kappa shape index (κ3) is 6.56. The van der Waals surface area contributed by atoms with Crippen molar-refractivity contribution in [3.8, 4) is 5.75 Å². The number of benzene rings is 1. The van der Waals surface area contributed by atoms with E-state index in [1.54, 1.807) is 0 Å². The molecular formula is C30H47NO3. The first kappa shape index (κ1) is 25.5. The number of nitrogens with one attached hydrogen (secondary N) is 1. The molecule has 4 nitrogen and oxygen atoms in total. The van der Waals surface area contributed by atoms with Crippen LogP contribution in [0.4, 0.5) is 0 Å². The number of carbonyl (C=O) groups is 1. The summed E-state index contributed by atoms with van der Waals surface area (Å²) < 4.78 is 11.9. The average Bonchev–Trinajstić information content (AvgIpc) is 3.25. The molecule has 0 amide bonds. The van der Waals surface area contributed by atoms with Gasteiger partial charge in [0.15, 0.2) is 6.61 Å². The van der Waals surface area contributed by atoms with E-state index < -0.39 is 0 Å². The molecule has 0 spiro atoms. The van der Waals surface area contributed by atoms with Crippen LogP contribution in [-0.4, -0.2) is 31.8 Å². The van der Waals surface area contributed by atoms with E-state index in [0.717, 1.165) is 55.9 Å². The minimum atomic E-state index is -0.238. The minimum Gasteiger partial charge on any atom is -0.482 e. The quantitative estimate of drug-likeness (QED) is 0.281. The zero-order valence-electron chi connectivity index (χ0n) is 21.7. The topological polar surface area (TPSA) is 47.6 Å². The SMILES string of the molecule is CCCCCCCCC1CCC2Cc3c(cccc3OCC(=O)OC3CNCCC3CC)CC12. The largest absolute Gasteiger partial charge is 0.482 e. The lowest BCUT2D eigenvalue weighted by Crippen LogP contribution is -2.43. The standard InChI is InChI=1S/C30H47NO3/c1-3-5-6-7-8-9-11-23-14-15-25-19-27-24(18-26(23)25)12-10-13-28(27)33-21-30(32)34-29-20-31-17-16-22(29)4-2/h10,12-13,22-23,25-26,29,31H,3-9,11,14-21H2,1-2H3. The highest BCUT2D eigenvalue weighted by molar-refractivity contribution is 5.71. The number of carbonyl (C=O) groups excluding carboxylic acids is 1. The Bertz CT molecular complexity index is 778. The number of hydrogen-bond acceptors (Lipinski definition) is 4. The van der Waals surface area contributed by atoms with Crippen LogP contribution in [0.1, 0.15) is 95.6 Å². The fraction of sp³-hybridized carbons (Fsp3) is 0.767. The van der Waals surface area contributed by atoms with Crippen LogP contribution in [0.25, 0.3) is 0 Å². The van der Waals surface area contributed by atoms with Crippen LogP contribution in [0.3, 0.4) is 0 Å². The lowest BCUT2D eigenvalue weighted by molar-refractivity contribution is -0.155. The molecule has 1 aliphatic heterocycles. The monoisotopic (exact) mass is 469 g/mol. The normalized spacial score (nSPS) is 28.2. The fourth-order valence-electron chi connectivity index (χ4n) is 6.89. The highest BCUT2D eigenvalue weighted by Gasteiger charge is 2.39. The van der Waals surface area contributed by atoms with Gasteiger partial charge in [-0.3, -0.25) is 0 Å². The van der Waals surface area contributed by atoms with E-state index in [1.807, 2.05) is 6.07 Å². The molecule has 4 heteroatoms. The maximum absolute atomic E-state index is 12.5. The van der Waals surface area contributed by atoms with Crippen molar-refractivity contribution in [3.05, 3.63) is 29.3 Å². The summed E-state index contributed by atoms with van der Waals surface area (Å²) in [5, 5.41) is 3.35. The lowest BCUT2D eigenvalue weighted by Gasteiger charge is -2.32. The molecule has 0 bridgehead atoms. The van der Waals surface area contributed by atoms with Gasteiger partial charge in [0.2, 0.25) is 0 Å². The maximum Gasteiger partial charge on any atom is 0.344 e. The second-order valence-corrected chi connectivity index (χ2v) is 11.1. The van der Waals surface area contributed by atoms with E-state index in [9.17, 15) is 4.79 Å². The van der Waals surface area contributed by atoms with Gasteiger partial charge in [-0.05, 0) is 85.9 Å². The van der Waals surface area contributed by atoms with Gasteiger partial charge in [0.05, 0.1) is 0 Å². The van der Waals surface area contributed by atoms with Gasteiger partial charge in [-0.1, -0.05) is 70.9 Å². The Labute approximate surface area is 207 Å². The van der Waals surface area contributed by atoms with E-state index >= 15 is 0 Å². The Morgan fingerprint density at radius 2 is 1.85 bits per heavy atom. The molecule has 5 unspecified atom stereocenters. The summed E-state index contributed by atoms with van der Waals surface area (Å²) >= 11 is 0. The summed E-state index contributed by atoms with van der Waals surface area (Å²) in [6, 6.07) is 6.44. The zero-order chi connectivity index (χ0) is 23.8. The molecule has 5 atom stereocenters. The Morgan fingerprint density at radius 3 is 2.71 bits per heavy atom. The lowest BCUT2D eigenvalue weighted by atomic mass is 9.73. The van der Waals surface area contributed by atoms with Gasteiger partial charge < -0.3 is 14.8 Å². The predicted molar refractivity (Wildman–Crippen MR) is 138 cm³/mol. The van der Waals surface area contributed by atoms with Gasteiger partial charge in [0, 0.05) is 6.54 Å². The molecule has 34 heavy (non-hydrogen) atoms. The summed E-state index contributed by atoms with van der Waals surface area (Å²) in [6.07, 6.45) is 16.9. The van der Waals surface area contributed by atoms with Crippen molar-refractivity contribution in [2.45, 2.75) is 103 Å². The zero-order valence-corrected chi connectivity index (χ0v) is 21.7. The van der Waals surface area contributed by atoms with Gasteiger partial charge in [-0.15, -0.1) is 0 Å². The number of rotatable bonds is 12. The molecule has 1 N–H and O–H groups in total. The van der Waals surface area contributed by atoms with Crippen molar-refractivity contribution in [3.63, 3.8) is 0 Å². The van der Waals surface area contributed by atoms with Gasteiger partial charge in [0.1, 0.15) is 11.9 Å². The summed E-state index contributed by atoms with van der Waals surface area (Å²) in [5.41, 5.74) is 2.80. The van der Waals surface area contributed by atoms with Gasteiger partial charge in [-0.25, -0.2) is 4.79 Å². The van der Waals surface area contributed by atoms with Crippen molar-refractivity contribution < 1.29 is 14.3 Å². The number of hydrogen-bond donors (Lipinski definition) is 1. The number of esters is 1. The number of piperidine rings is 1. The molecule has 190 valence electrons. The second-order valence-electron chi connectivity index (χ2n) is 11.1. The third-order valence-corrected chi connectivity index (χ3v) is 8.92. The fourth-order valence-corrected chi connectivity index (χ4v) is 6.89. The minimum absolute atomic E-state index is 0.0120. The molecule has 0 aromatic heterocycles. The first-order valence-electron chi connectivity index (χ1n) is 14.3. The van der Waals surface area contributed by atoms with Crippen LogP contribution in [0.2, 0.25) is 0 Å². The number of unbranched alkanes of at least 4 members (excludes halogenated alkanes) is 5. The van der Waals surface area contributed by atoms with E-state index in [0.29, 0.717) is 5.92 Å². The molecule has 4 rings (SSSR count). The highest BCUT2D eigenvalue weighted by Crippen LogP contribution is 2.48. The second kappa shape index (κ2) is 13.0. The molecule has 1 heterocycles. The van der Waals surface area contributed by atoms with Crippen LogP contribution in [0, 0.1) is 23.7 Å². The molecule has 2 fully saturated rings. The molecule has 1 aromatic rings. The van der Waals surface area contributed by atoms with E-state index in [1.165, 1.54) is 75.3 Å². The van der Waals surface area contributed by atoms with Gasteiger partial charge >= 0.3 is 5.97 Å². The van der Waals surface area contributed by atoms with Crippen LogP contribution < -0.4 is 10.1 Å². The number of fused-ring (bicyclic) bond motifs is 2. The number of ether oxygens (including phenoxy) is 2. The van der Waals surface area contributed by atoms with Crippen molar-refractivity contribution in [2.75, 3.05) is 19.7 Å². The van der Waals surface area contributed by atoms with Crippen molar-refractivity contribution >= 4 is 5.97 Å². The Hall–Kier alpha value is -1.55. The molecule has 1 saturated heterocycles. The van der Waals surface area contributed by atoms with Crippen LogP contribution in [-0.2, 0) is 22.4 Å². The van der Waals surface area contributed by atoms with E-state index in [2.05, 4.69) is 31.3 Å². The molecule has 1 saturated carbocycles. The molecular weight excluding hydrogens is 422 g/mol. The average molecular weight is 470 g/mol. The molecule has 2 aliphatic carbocycles. The smallest absolute Gasteiger partial charge is 0.344 e. The summed E-state index contributed by atoms with van der Waals surface area (Å²) in [7, 11) is 0. The predicted octanol–water partition coefficient (Wildman–Crippen LogP) is 6.49. The van der Waals surface area contributed by atoms with Crippen molar-refractivity contribution in [1.29, 1.82) is 0 Å². The van der Waals surface area contributed by atoms with Gasteiger partial charge in [0.25, 0.3) is 0 Å². The Morgan fingerprint density at radius 1 is 1.00 bits per heavy atom. The van der Waals surface area contributed by atoms with E-state index in [4.69, 9.17) is 9.47 Å². The van der Waals surface area contributed by atoms with Crippen LogP contribution >= 0.6 is 0 Å². The van der Waals surface area contributed by atoms with Crippen LogP contribution in [0.15, 0.2) is 18.2 Å². The van der Waals surface area contributed by atoms with E-state index in [-0.39, 0.29) is 18.7 Å². The first-order valence-corrected chi connectivity index (χ1v) is 14.3. The third-order valence-electron chi connectivity index (χ3n) is 8.92. The summed E-state index contributed by atoms with van der Waals surface area (Å²) in [4.78, 5) is 12.5. The Balaban J connectivity index is 1.28. The highest BCUT2D eigenvalue weighted by atomic mass is 16.6. The molecule has 1 aromatic carbocycles. The van der Waals surface area contributed by atoms with Crippen molar-refractivity contribution in [2.24, 2.45) is 23.7 Å². The maximum atomic E-state index is 12.5. The summed E-state index contributed by atoms with van der Waals surface area (Å²) in [5.74, 6) is 3.65. The Kier molecular flexibility index (Phi) is 9.73.